The highest BCUT2D eigenvalue weighted by molar-refractivity contribution is 5.82. The van der Waals surface area contributed by atoms with Crippen LogP contribution in [-0.2, 0) is 9.53 Å². The molecule has 0 aromatic rings. The van der Waals surface area contributed by atoms with E-state index in [1.54, 1.807) is 0 Å². The van der Waals surface area contributed by atoms with Crippen LogP contribution in [0.4, 0.5) is 4.79 Å². The number of hydrogen-bond donors (Lipinski definition) is 4. The molecule has 4 N–H and O–H groups in total. The Balaban J connectivity index is 1.81. The minimum Gasteiger partial charge on any atom is -0.480 e. The van der Waals surface area contributed by atoms with E-state index in [2.05, 4.69) is 10.6 Å². The van der Waals surface area contributed by atoms with Crippen LogP contribution in [0.2, 0.25) is 0 Å². The van der Waals surface area contributed by atoms with Crippen LogP contribution in [0.25, 0.3) is 0 Å². The second-order valence-electron chi connectivity index (χ2n) is 4.76. The second kappa shape index (κ2) is 5.53. The summed E-state index contributed by atoms with van der Waals surface area (Å²) >= 11 is 0. The maximum absolute atomic E-state index is 11.6. The van der Waals surface area contributed by atoms with Crippen LogP contribution in [0.5, 0.6) is 0 Å². The Kier molecular flexibility index (Phi) is 4.03. The third kappa shape index (κ3) is 3.11. The molecule has 2 amide bonds. The van der Waals surface area contributed by atoms with Crippen molar-refractivity contribution < 1.29 is 24.5 Å². The number of carbonyl (C=O) groups is 2. The zero-order valence-electron chi connectivity index (χ0n) is 9.96. The quantitative estimate of drug-likeness (QED) is 0.521. The first-order valence-electron chi connectivity index (χ1n) is 6.14. The predicted molar refractivity (Wildman–Crippen MR) is 61.0 cm³/mol. The van der Waals surface area contributed by atoms with Gasteiger partial charge in [0.05, 0.1) is 18.8 Å². The Morgan fingerprint density at radius 3 is 2.61 bits per heavy atom. The Hall–Kier alpha value is -1.34. The second-order valence-corrected chi connectivity index (χ2v) is 4.76. The van der Waals surface area contributed by atoms with E-state index in [9.17, 15) is 9.59 Å². The van der Waals surface area contributed by atoms with E-state index < -0.39 is 24.6 Å². The summed E-state index contributed by atoms with van der Waals surface area (Å²) in [6, 6.07) is -1.91. The first-order valence-corrected chi connectivity index (χ1v) is 6.14. The van der Waals surface area contributed by atoms with Crippen molar-refractivity contribution in [3.63, 3.8) is 0 Å². The van der Waals surface area contributed by atoms with Gasteiger partial charge >= 0.3 is 12.0 Å². The fourth-order valence-electron chi connectivity index (χ4n) is 2.21. The minimum atomic E-state index is -1.27. The van der Waals surface area contributed by atoms with Crippen LogP contribution in [0, 0.1) is 5.92 Å². The van der Waals surface area contributed by atoms with Gasteiger partial charge in [0.25, 0.3) is 0 Å². The van der Waals surface area contributed by atoms with Crippen molar-refractivity contribution in [1.82, 2.24) is 10.6 Å². The van der Waals surface area contributed by atoms with Gasteiger partial charge in [0.2, 0.25) is 0 Å². The fraction of sp³-hybridized carbons (Fsp3) is 0.818. The topological polar surface area (TPSA) is 108 Å². The van der Waals surface area contributed by atoms with Gasteiger partial charge in [-0.1, -0.05) is 0 Å². The van der Waals surface area contributed by atoms with Gasteiger partial charge in [0, 0.05) is 6.61 Å². The molecule has 0 radical (unpaired) electrons. The van der Waals surface area contributed by atoms with E-state index in [0.29, 0.717) is 12.5 Å². The molecule has 7 heteroatoms. The molecule has 7 nitrogen and oxygen atoms in total. The predicted octanol–water partition coefficient (Wildman–Crippen LogP) is -0.701. The van der Waals surface area contributed by atoms with Gasteiger partial charge in [-0.15, -0.1) is 0 Å². The molecule has 18 heavy (non-hydrogen) atoms. The summed E-state index contributed by atoms with van der Waals surface area (Å²) in [5.74, 6) is -0.736. The first-order chi connectivity index (χ1) is 8.61. The molecule has 0 aromatic carbocycles. The number of carboxylic acid groups (broad SMARTS) is 1. The average molecular weight is 258 g/mol. The standard InChI is InChI=1S/C11H18N2O5/c14-5-8(10(15)16)13-11(17)12-7-3-4-18-9(7)6-1-2-6/h6-9,14H,1-5H2,(H,15,16)(H2,12,13,17)/t7?,8-,9?/m0/s1. The maximum atomic E-state index is 11.6. The van der Waals surface area contributed by atoms with E-state index in [1.165, 1.54) is 0 Å². The van der Waals surface area contributed by atoms with Gasteiger partial charge in [-0.3, -0.25) is 0 Å². The van der Waals surface area contributed by atoms with Gasteiger partial charge in [0.1, 0.15) is 0 Å². The van der Waals surface area contributed by atoms with Gasteiger partial charge in [-0.05, 0) is 25.2 Å². The summed E-state index contributed by atoms with van der Waals surface area (Å²) in [7, 11) is 0. The van der Waals surface area contributed by atoms with E-state index in [1.807, 2.05) is 0 Å². The molecule has 102 valence electrons. The normalized spacial score (nSPS) is 28.7. The zero-order valence-corrected chi connectivity index (χ0v) is 9.96. The summed E-state index contributed by atoms with van der Waals surface area (Å²) < 4.78 is 5.56. The van der Waals surface area contributed by atoms with Gasteiger partial charge in [0.15, 0.2) is 6.04 Å². The molecule has 1 heterocycles. The van der Waals surface area contributed by atoms with Crippen molar-refractivity contribution in [1.29, 1.82) is 0 Å². The monoisotopic (exact) mass is 258 g/mol. The number of aliphatic hydroxyl groups is 1. The lowest BCUT2D eigenvalue weighted by Crippen LogP contribution is -2.52. The summed E-state index contributed by atoms with van der Waals surface area (Å²) in [5.41, 5.74) is 0. The molecule has 0 spiro atoms. The summed E-state index contributed by atoms with van der Waals surface area (Å²) in [6.45, 7) is -0.00948. The molecule has 2 fully saturated rings. The molecule has 2 aliphatic rings. The van der Waals surface area contributed by atoms with Crippen molar-refractivity contribution in [2.45, 2.75) is 37.5 Å². The maximum Gasteiger partial charge on any atom is 0.328 e. The third-order valence-corrected chi connectivity index (χ3v) is 3.32. The smallest absolute Gasteiger partial charge is 0.328 e. The number of carbonyl (C=O) groups excluding carboxylic acids is 1. The summed E-state index contributed by atoms with van der Waals surface area (Å²) in [6.07, 6.45) is 3.04. The van der Waals surface area contributed by atoms with Crippen LogP contribution in [0.3, 0.4) is 0 Å². The molecule has 1 aliphatic heterocycles. The zero-order chi connectivity index (χ0) is 13.1. The molecule has 1 aliphatic carbocycles. The van der Waals surface area contributed by atoms with Crippen molar-refractivity contribution in [3.8, 4) is 0 Å². The molecule has 0 bridgehead atoms. The molecule has 2 rings (SSSR count). The number of amides is 2. The van der Waals surface area contributed by atoms with Gasteiger partial charge < -0.3 is 25.6 Å². The van der Waals surface area contributed by atoms with Crippen molar-refractivity contribution in [3.05, 3.63) is 0 Å². The highest BCUT2D eigenvalue weighted by Gasteiger charge is 2.41. The molecular formula is C11H18N2O5. The average Bonchev–Trinajstić information content (AvgIpc) is 3.07. The largest absolute Gasteiger partial charge is 0.480 e. The van der Waals surface area contributed by atoms with Crippen LogP contribution >= 0.6 is 0 Å². The number of urea groups is 1. The van der Waals surface area contributed by atoms with Crippen LogP contribution in [-0.4, -0.2) is 53.6 Å². The van der Waals surface area contributed by atoms with E-state index in [0.717, 1.165) is 19.3 Å². The van der Waals surface area contributed by atoms with Gasteiger partial charge in [-0.25, -0.2) is 9.59 Å². The molecule has 1 saturated carbocycles. The molecule has 0 aromatic heterocycles. The minimum absolute atomic E-state index is 0.0492. The molecular weight excluding hydrogens is 240 g/mol. The van der Waals surface area contributed by atoms with Crippen molar-refractivity contribution in [2.75, 3.05) is 13.2 Å². The van der Waals surface area contributed by atoms with Crippen LogP contribution < -0.4 is 10.6 Å². The lowest BCUT2D eigenvalue weighted by Gasteiger charge is -2.21. The number of carboxylic acids is 1. The van der Waals surface area contributed by atoms with E-state index in [-0.39, 0.29) is 12.1 Å². The highest BCUT2D eigenvalue weighted by Crippen LogP contribution is 2.38. The van der Waals surface area contributed by atoms with Crippen LogP contribution in [0.15, 0.2) is 0 Å². The molecule has 2 unspecified atom stereocenters. The highest BCUT2D eigenvalue weighted by atomic mass is 16.5. The lowest BCUT2D eigenvalue weighted by atomic mass is 10.1. The lowest BCUT2D eigenvalue weighted by molar-refractivity contribution is -0.140. The Labute approximate surface area is 105 Å². The van der Waals surface area contributed by atoms with E-state index >= 15 is 0 Å². The Morgan fingerprint density at radius 2 is 2.06 bits per heavy atom. The van der Waals surface area contributed by atoms with Crippen molar-refractivity contribution in [2.24, 2.45) is 5.92 Å². The number of rotatable bonds is 5. The number of aliphatic carboxylic acids is 1. The summed E-state index contributed by atoms with van der Waals surface area (Å²) in [5, 5.41) is 22.5. The molecule has 3 atom stereocenters. The first kappa shape index (κ1) is 13.1. The number of aliphatic hydroxyl groups excluding tert-OH is 1. The number of ether oxygens (including phenoxy) is 1. The number of nitrogens with one attached hydrogen (secondary N) is 2. The van der Waals surface area contributed by atoms with Crippen molar-refractivity contribution >= 4 is 12.0 Å². The van der Waals surface area contributed by atoms with E-state index in [4.69, 9.17) is 14.9 Å². The fourth-order valence-corrected chi connectivity index (χ4v) is 2.21. The molecule has 1 saturated heterocycles. The van der Waals surface area contributed by atoms with Crippen LogP contribution in [0.1, 0.15) is 19.3 Å². The summed E-state index contributed by atoms with van der Waals surface area (Å²) in [4.78, 5) is 22.3. The number of hydrogen-bond acceptors (Lipinski definition) is 4. The third-order valence-electron chi connectivity index (χ3n) is 3.32. The Morgan fingerprint density at radius 1 is 1.33 bits per heavy atom. The SMILES string of the molecule is O=C(NC1CCOC1C1CC1)N[C@@H](CO)C(=O)O. The van der Waals surface area contributed by atoms with Gasteiger partial charge in [-0.2, -0.15) is 0 Å². The Bertz CT molecular complexity index is 331.